The van der Waals surface area contributed by atoms with Gasteiger partial charge in [0, 0.05) is 0 Å². The first-order valence-electron chi connectivity index (χ1n) is 4.18. The molecule has 1 aliphatic heterocycles. The first-order chi connectivity index (χ1) is 5.60. The van der Waals surface area contributed by atoms with E-state index < -0.39 is 11.7 Å². The van der Waals surface area contributed by atoms with E-state index in [-0.39, 0.29) is 0 Å². The van der Waals surface area contributed by atoms with Crippen LogP contribution in [0, 0.1) is 5.92 Å². The zero-order valence-corrected chi connectivity index (χ0v) is 7.04. The van der Waals surface area contributed by atoms with Crippen LogP contribution in [-0.4, -0.2) is 17.5 Å². The maximum Gasteiger partial charge on any atom is 0.436 e. The van der Waals surface area contributed by atoms with Crippen molar-refractivity contribution in [2.24, 2.45) is 16.6 Å². The van der Waals surface area contributed by atoms with E-state index in [1.165, 1.54) is 12.8 Å². The Balaban J connectivity index is 2.09. The Morgan fingerprint density at radius 2 is 2.42 bits per heavy atom. The summed E-state index contributed by atoms with van der Waals surface area (Å²) in [6.45, 7) is 1.83. The van der Waals surface area contributed by atoms with Crippen LogP contribution in [0.2, 0.25) is 0 Å². The van der Waals surface area contributed by atoms with E-state index >= 15 is 0 Å². The standard InChI is InChI=1S/C8H12N2O2/c1-8(4-5-2-3-5)6(9)10-7(11)12-8/h5H,2-4H2,1H3,(H2,9,10,11). The van der Waals surface area contributed by atoms with Crippen molar-refractivity contribution >= 4 is 11.9 Å². The van der Waals surface area contributed by atoms with E-state index in [9.17, 15) is 4.79 Å². The highest BCUT2D eigenvalue weighted by molar-refractivity contribution is 6.01. The number of amides is 1. The molecule has 1 atom stereocenters. The summed E-state index contributed by atoms with van der Waals surface area (Å²) in [7, 11) is 0. The molecular weight excluding hydrogens is 156 g/mol. The number of cyclic esters (lactones) is 1. The summed E-state index contributed by atoms with van der Waals surface area (Å²) < 4.78 is 5.04. The van der Waals surface area contributed by atoms with Gasteiger partial charge in [0.05, 0.1) is 0 Å². The lowest BCUT2D eigenvalue weighted by Gasteiger charge is -2.21. The first-order valence-corrected chi connectivity index (χ1v) is 4.18. The van der Waals surface area contributed by atoms with Gasteiger partial charge in [-0.3, -0.25) is 0 Å². The predicted molar refractivity (Wildman–Crippen MR) is 43.8 cm³/mol. The molecule has 1 saturated carbocycles. The number of hydrogen-bond acceptors (Lipinski definition) is 3. The van der Waals surface area contributed by atoms with Gasteiger partial charge in [-0.25, -0.2) is 4.79 Å². The van der Waals surface area contributed by atoms with E-state index in [4.69, 9.17) is 10.5 Å². The van der Waals surface area contributed by atoms with Gasteiger partial charge in [-0.05, 0) is 19.3 Å². The van der Waals surface area contributed by atoms with Crippen molar-refractivity contribution in [1.29, 1.82) is 0 Å². The van der Waals surface area contributed by atoms with Gasteiger partial charge < -0.3 is 10.5 Å². The molecule has 0 bridgehead atoms. The van der Waals surface area contributed by atoms with Gasteiger partial charge >= 0.3 is 6.09 Å². The first kappa shape index (κ1) is 7.58. The normalized spacial score (nSPS) is 34.8. The highest BCUT2D eigenvalue weighted by Gasteiger charge is 2.43. The van der Waals surface area contributed by atoms with Crippen LogP contribution >= 0.6 is 0 Å². The van der Waals surface area contributed by atoms with Crippen molar-refractivity contribution in [2.75, 3.05) is 0 Å². The summed E-state index contributed by atoms with van der Waals surface area (Å²) in [5.41, 5.74) is 4.97. The molecule has 1 heterocycles. The molecule has 66 valence electrons. The summed E-state index contributed by atoms with van der Waals surface area (Å²) in [5, 5.41) is 0. The minimum atomic E-state index is -0.613. The van der Waals surface area contributed by atoms with E-state index in [1.807, 2.05) is 6.92 Å². The molecule has 2 aliphatic rings. The van der Waals surface area contributed by atoms with Crippen molar-refractivity contribution in [3.63, 3.8) is 0 Å². The molecule has 4 nitrogen and oxygen atoms in total. The van der Waals surface area contributed by atoms with Crippen molar-refractivity contribution in [3.05, 3.63) is 0 Å². The molecule has 2 rings (SSSR count). The third-order valence-corrected chi connectivity index (χ3v) is 2.44. The number of hydrogen-bond donors (Lipinski definition) is 1. The minimum Gasteiger partial charge on any atom is -0.433 e. The quantitative estimate of drug-likeness (QED) is 0.670. The molecule has 12 heavy (non-hydrogen) atoms. The zero-order valence-electron chi connectivity index (χ0n) is 7.04. The maximum absolute atomic E-state index is 10.8. The fraction of sp³-hybridized carbons (Fsp3) is 0.750. The van der Waals surface area contributed by atoms with E-state index in [0.717, 1.165) is 6.42 Å². The van der Waals surface area contributed by atoms with Crippen LogP contribution < -0.4 is 5.73 Å². The minimum absolute atomic E-state index is 0.333. The number of carbonyl (C=O) groups excluding carboxylic acids is 1. The van der Waals surface area contributed by atoms with Gasteiger partial charge in [-0.15, -0.1) is 0 Å². The van der Waals surface area contributed by atoms with Crippen LogP contribution in [0.15, 0.2) is 4.99 Å². The Morgan fingerprint density at radius 1 is 1.75 bits per heavy atom. The second-order valence-electron chi connectivity index (χ2n) is 3.74. The van der Waals surface area contributed by atoms with Crippen molar-refractivity contribution in [3.8, 4) is 0 Å². The van der Waals surface area contributed by atoms with Crippen molar-refractivity contribution < 1.29 is 9.53 Å². The lowest BCUT2D eigenvalue weighted by atomic mass is 9.98. The fourth-order valence-corrected chi connectivity index (χ4v) is 1.50. The number of aliphatic imine (C=N–C) groups is 1. The van der Waals surface area contributed by atoms with Gasteiger partial charge in [0.1, 0.15) is 0 Å². The Morgan fingerprint density at radius 3 is 2.83 bits per heavy atom. The molecule has 0 radical (unpaired) electrons. The smallest absolute Gasteiger partial charge is 0.433 e. The van der Waals surface area contributed by atoms with Crippen LogP contribution in [-0.2, 0) is 4.74 Å². The summed E-state index contributed by atoms with van der Waals surface area (Å²) >= 11 is 0. The Kier molecular flexibility index (Phi) is 1.40. The number of nitrogens with zero attached hydrogens (tertiary/aromatic N) is 1. The molecule has 0 aromatic heterocycles. The monoisotopic (exact) mass is 168 g/mol. The number of rotatable bonds is 2. The van der Waals surface area contributed by atoms with E-state index in [2.05, 4.69) is 4.99 Å². The van der Waals surface area contributed by atoms with Crippen LogP contribution in [0.3, 0.4) is 0 Å². The lowest BCUT2D eigenvalue weighted by Crippen LogP contribution is -2.40. The Bertz CT molecular complexity index is 258. The van der Waals surface area contributed by atoms with Gasteiger partial charge in [-0.1, -0.05) is 12.8 Å². The third kappa shape index (κ3) is 1.17. The molecule has 0 spiro atoms. The van der Waals surface area contributed by atoms with Crippen LogP contribution in [0.25, 0.3) is 0 Å². The van der Waals surface area contributed by atoms with E-state index in [1.54, 1.807) is 0 Å². The summed E-state index contributed by atoms with van der Waals surface area (Å²) in [5.74, 6) is 1.01. The maximum atomic E-state index is 10.8. The Labute approximate surface area is 70.8 Å². The highest BCUT2D eigenvalue weighted by atomic mass is 16.6. The Hall–Kier alpha value is -1.06. The molecule has 1 unspecified atom stereocenters. The van der Waals surface area contributed by atoms with E-state index in [0.29, 0.717) is 11.8 Å². The van der Waals surface area contributed by atoms with Crippen molar-refractivity contribution in [1.82, 2.24) is 0 Å². The molecule has 0 saturated heterocycles. The van der Waals surface area contributed by atoms with Gasteiger partial charge in [0.15, 0.2) is 11.4 Å². The fourth-order valence-electron chi connectivity index (χ4n) is 1.50. The summed E-state index contributed by atoms with van der Waals surface area (Å²) in [6, 6.07) is 0. The number of amidine groups is 1. The van der Waals surface area contributed by atoms with Gasteiger partial charge in [0.2, 0.25) is 0 Å². The largest absolute Gasteiger partial charge is 0.436 e. The summed E-state index contributed by atoms with van der Waals surface area (Å²) in [4.78, 5) is 14.3. The van der Waals surface area contributed by atoms with Crippen LogP contribution in [0.5, 0.6) is 0 Å². The third-order valence-electron chi connectivity index (χ3n) is 2.44. The predicted octanol–water partition coefficient (Wildman–Crippen LogP) is 1.05. The zero-order chi connectivity index (χ0) is 8.77. The molecule has 1 fully saturated rings. The average Bonchev–Trinajstić information content (AvgIpc) is 2.65. The van der Waals surface area contributed by atoms with Gasteiger partial charge in [-0.2, -0.15) is 4.99 Å². The average molecular weight is 168 g/mol. The highest BCUT2D eigenvalue weighted by Crippen LogP contribution is 2.39. The molecule has 0 aromatic rings. The molecule has 1 aliphatic carbocycles. The molecule has 1 amide bonds. The van der Waals surface area contributed by atoms with Crippen molar-refractivity contribution in [2.45, 2.75) is 31.8 Å². The van der Waals surface area contributed by atoms with Crippen LogP contribution in [0.4, 0.5) is 4.79 Å². The topological polar surface area (TPSA) is 64.7 Å². The second-order valence-corrected chi connectivity index (χ2v) is 3.74. The second kappa shape index (κ2) is 2.21. The lowest BCUT2D eigenvalue weighted by molar-refractivity contribution is 0.0837. The molecular formula is C8H12N2O2. The summed E-state index contributed by atoms with van der Waals surface area (Å²) in [6.07, 6.45) is 2.73. The number of ether oxygens (including phenoxy) is 1. The van der Waals surface area contributed by atoms with Gasteiger partial charge in [0.25, 0.3) is 0 Å². The molecule has 0 aromatic carbocycles. The number of carbonyl (C=O) groups is 1. The molecule has 4 heteroatoms. The SMILES string of the molecule is CC1(CC2CC2)OC(=O)N=C1N. The number of nitrogens with two attached hydrogens (primary N) is 1. The molecule has 2 N–H and O–H groups in total. The van der Waals surface area contributed by atoms with Crippen LogP contribution in [0.1, 0.15) is 26.2 Å².